The minimum absolute atomic E-state index is 0.0705. The number of nitrogens with two attached hydrogens (primary N) is 1. The Morgan fingerprint density at radius 1 is 1.21 bits per heavy atom. The van der Waals surface area contributed by atoms with Crippen molar-refractivity contribution in [2.75, 3.05) is 13.6 Å². The van der Waals surface area contributed by atoms with E-state index in [1.165, 1.54) is 10.7 Å². The molecule has 0 atom stereocenters. The zero-order chi connectivity index (χ0) is 13.9. The molecule has 1 fully saturated rings. The smallest absolute Gasteiger partial charge is 0.218 e. The van der Waals surface area contributed by atoms with Crippen LogP contribution in [0, 0.1) is 5.92 Å². The van der Waals surface area contributed by atoms with Gasteiger partial charge >= 0.3 is 0 Å². The summed E-state index contributed by atoms with van der Waals surface area (Å²) in [4.78, 5) is 0. The van der Waals surface area contributed by atoms with Gasteiger partial charge in [0, 0.05) is 20.1 Å². The maximum absolute atomic E-state index is 12.2. The van der Waals surface area contributed by atoms with Gasteiger partial charge in [-0.3, -0.25) is 0 Å². The van der Waals surface area contributed by atoms with E-state index in [1.54, 1.807) is 7.05 Å². The van der Waals surface area contributed by atoms with Crippen LogP contribution >= 0.6 is 0 Å². The second-order valence-corrected chi connectivity index (χ2v) is 7.43. The van der Waals surface area contributed by atoms with Gasteiger partial charge in [-0.15, -0.1) is 0 Å². The maximum Gasteiger partial charge on any atom is 0.218 e. The lowest BCUT2D eigenvalue weighted by atomic mass is 9.86. The second kappa shape index (κ2) is 6.03. The highest BCUT2D eigenvalue weighted by molar-refractivity contribution is 7.88. The van der Waals surface area contributed by atoms with Gasteiger partial charge in [0.05, 0.1) is 5.75 Å². The lowest BCUT2D eigenvalue weighted by Gasteiger charge is -2.29. The lowest BCUT2D eigenvalue weighted by Crippen LogP contribution is -2.35. The molecule has 0 radical (unpaired) electrons. The molecule has 19 heavy (non-hydrogen) atoms. The van der Waals surface area contributed by atoms with Gasteiger partial charge < -0.3 is 5.73 Å². The standard InChI is InChI=1S/C14H22N2O2S/c1-16(10-13-3-2-4-13)19(17,18)11-14-7-5-12(9-15)6-8-14/h5-8,13H,2-4,9-11,15H2,1H3. The number of rotatable bonds is 6. The van der Waals surface area contributed by atoms with Crippen molar-refractivity contribution < 1.29 is 8.42 Å². The van der Waals surface area contributed by atoms with Gasteiger partial charge in [0.25, 0.3) is 0 Å². The highest BCUT2D eigenvalue weighted by atomic mass is 32.2. The third kappa shape index (κ3) is 3.78. The molecule has 106 valence electrons. The first kappa shape index (κ1) is 14.5. The van der Waals surface area contributed by atoms with Gasteiger partial charge in [-0.2, -0.15) is 0 Å². The van der Waals surface area contributed by atoms with Gasteiger partial charge in [-0.1, -0.05) is 30.7 Å². The maximum atomic E-state index is 12.2. The van der Waals surface area contributed by atoms with Gasteiger partial charge in [-0.05, 0) is 29.9 Å². The first-order valence-electron chi connectivity index (χ1n) is 6.73. The van der Waals surface area contributed by atoms with E-state index < -0.39 is 10.0 Å². The first-order chi connectivity index (χ1) is 9.01. The average Bonchev–Trinajstić information content (AvgIpc) is 2.34. The normalized spacial score (nSPS) is 16.6. The SMILES string of the molecule is CN(CC1CCC1)S(=O)(=O)Cc1ccc(CN)cc1. The summed E-state index contributed by atoms with van der Waals surface area (Å²) in [6.07, 6.45) is 3.55. The van der Waals surface area contributed by atoms with Crippen molar-refractivity contribution in [2.45, 2.75) is 31.6 Å². The van der Waals surface area contributed by atoms with Crippen LogP contribution in [0.2, 0.25) is 0 Å². The van der Waals surface area contributed by atoms with Gasteiger partial charge in [-0.25, -0.2) is 12.7 Å². The summed E-state index contributed by atoms with van der Waals surface area (Å²) < 4.78 is 26.0. The van der Waals surface area contributed by atoms with Crippen molar-refractivity contribution in [1.29, 1.82) is 0 Å². The minimum atomic E-state index is -3.20. The van der Waals surface area contributed by atoms with E-state index in [1.807, 2.05) is 24.3 Å². The number of benzene rings is 1. The molecule has 2 rings (SSSR count). The Balaban J connectivity index is 1.98. The van der Waals surface area contributed by atoms with Crippen LogP contribution in [-0.2, 0) is 22.3 Å². The van der Waals surface area contributed by atoms with E-state index in [0.717, 1.165) is 24.0 Å². The minimum Gasteiger partial charge on any atom is -0.326 e. The molecule has 1 aromatic rings. The summed E-state index contributed by atoms with van der Waals surface area (Å²) in [6, 6.07) is 7.46. The summed E-state index contributed by atoms with van der Waals surface area (Å²) in [6.45, 7) is 1.14. The van der Waals surface area contributed by atoms with Crippen molar-refractivity contribution in [1.82, 2.24) is 4.31 Å². The van der Waals surface area contributed by atoms with Gasteiger partial charge in [0.2, 0.25) is 10.0 Å². The highest BCUT2D eigenvalue weighted by Gasteiger charge is 2.25. The summed E-state index contributed by atoms with van der Waals surface area (Å²) in [5.74, 6) is 0.625. The van der Waals surface area contributed by atoms with Crippen LogP contribution in [0.3, 0.4) is 0 Å². The third-order valence-corrected chi connectivity index (χ3v) is 5.62. The number of hydrogen-bond acceptors (Lipinski definition) is 3. The first-order valence-corrected chi connectivity index (χ1v) is 8.34. The van der Waals surface area contributed by atoms with Crippen LogP contribution in [0.5, 0.6) is 0 Å². The fourth-order valence-electron chi connectivity index (χ4n) is 2.24. The van der Waals surface area contributed by atoms with Crippen LogP contribution in [-0.4, -0.2) is 26.3 Å². The fraction of sp³-hybridized carbons (Fsp3) is 0.571. The van der Waals surface area contributed by atoms with E-state index in [-0.39, 0.29) is 5.75 Å². The second-order valence-electron chi connectivity index (χ2n) is 5.35. The lowest BCUT2D eigenvalue weighted by molar-refractivity contribution is 0.263. The van der Waals surface area contributed by atoms with Crippen LogP contribution in [0.1, 0.15) is 30.4 Å². The average molecular weight is 282 g/mol. The van der Waals surface area contributed by atoms with E-state index in [2.05, 4.69) is 0 Å². The predicted octanol–water partition coefficient (Wildman–Crippen LogP) is 1.71. The molecule has 0 amide bonds. The Morgan fingerprint density at radius 3 is 2.26 bits per heavy atom. The molecule has 0 unspecified atom stereocenters. The number of sulfonamides is 1. The van der Waals surface area contributed by atoms with Gasteiger partial charge in [0.15, 0.2) is 0 Å². The van der Waals surface area contributed by atoms with E-state index in [9.17, 15) is 8.42 Å². The zero-order valence-corrected chi connectivity index (χ0v) is 12.2. The molecule has 5 heteroatoms. The molecular weight excluding hydrogens is 260 g/mol. The van der Waals surface area contributed by atoms with Crippen LogP contribution in [0.15, 0.2) is 24.3 Å². The molecule has 1 saturated carbocycles. The van der Waals surface area contributed by atoms with E-state index in [0.29, 0.717) is 19.0 Å². The monoisotopic (exact) mass is 282 g/mol. The van der Waals surface area contributed by atoms with Gasteiger partial charge in [0.1, 0.15) is 0 Å². The van der Waals surface area contributed by atoms with Crippen molar-refractivity contribution in [3.8, 4) is 0 Å². The topological polar surface area (TPSA) is 63.4 Å². The Hall–Kier alpha value is -0.910. The molecule has 0 spiro atoms. The molecule has 0 aliphatic heterocycles. The Kier molecular flexibility index (Phi) is 4.60. The zero-order valence-electron chi connectivity index (χ0n) is 11.4. The third-order valence-electron chi connectivity index (χ3n) is 3.82. The van der Waals surface area contributed by atoms with Crippen molar-refractivity contribution in [2.24, 2.45) is 11.7 Å². The molecule has 4 nitrogen and oxygen atoms in total. The molecule has 2 N–H and O–H groups in total. The van der Waals surface area contributed by atoms with E-state index in [4.69, 9.17) is 5.73 Å². The largest absolute Gasteiger partial charge is 0.326 e. The Morgan fingerprint density at radius 2 is 1.79 bits per heavy atom. The van der Waals surface area contributed by atoms with Crippen LogP contribution < -0.4 is 5.73 Å². The fourth-order valence-corrected chi connectivity index (χ4v) is 3.52. The summed E-state index contributed by atoms with van der Waals surface area (Å²) in [5, 5.41) is 0. The van der Waals surface area contributed by atoms with Crippen molar-refractivity contribution in [3.05, 3.63) is 35.4 Å². The highest BCUT2D eigenvalue weighted by Crippen LogP contribution is 2.27. The molecule has 1 aromatic carbocycles. The number of nitrogens with zero attached hydrogens (tertiary/aromatic N) is 1. The van der Waals surface area contributed by atoms with Crippen LogP contribution in [0.4, 0.5) is 0 Å². The Bertz CT molecular complexity index is 507. The molecule has 0 saturated heterocycles. The molecule has 0 heterocycles. The van der Waals surface area contributed by atoms with E-state index >= 15 is 0 Å². The molecular formula is C14H22N2O2S. The molecule has 0 aromatic heterocycles. The Labute approximate surface area is 115 Å². The summed E-state index contributed by atoms with van der Waals surface area (Å²) in [5.41, 5.74) is 7.36. The van der Waals surface area contributed by atoms with Crippen molar-refractivity contribution >= 4 is 10.0 Å². The summed E-state index contributed by atoms with van der Waals surface area (Å²) in [7, 11) is -1.52. The molecule has 1 aliphatic carbocycles. The quantitative estimate of drug-likeness (QED) is 0.864. The molecule has 1 aliphatic rings. The molecule has 0 bridgehead atoms. The van der Waals surface area contributed by atoms with Crippen molar-refractivity contribution in [3.63, 3.8) is 0 Å². The number of hydrogen-bond donors (Lipinski definition) is 1. The predicted molar refractivity (Wildman–Crippen MR) is 76.9 cm³/mol. The summed E-state index contributed by atoms with van der Waals surface area (Å²) >= 11 is 0. The van der Waals surface area contributed by atoms with Crippen LogP contribution in [0.25, 0.3) is 0 Å².